The second kappa shape index (κ2) is 8.11. The molecule has 1 nitrogen and oxygen atoms in total. The summed E-state index contributed by atoms with van der Waals surface area (Å²) in [5.74, 6) is 1.90. The van der Waals surface area contributed by atoms with Crippen LogP contribution in [0.15, 0.2) is 0 Å². The molecule has 0 heterocycles. The third-order valence-corrected chi connectivity index (χ3v) is 4.22. The quantitative estimate of drug-likeness (QED) is 0.678. The molecule has 2 unspecified atom stereocenters. The van der Waals surface area contributed by atoms with Crippen LogP contribution in [0.2, 0.25) is 0 Å². The van der Waals surface area contributed by atoms with Crippen molar-refractivity contribution in [1.29, 1.82) is 0 Å². The fourth-order valence-electron chi connectivity index (χ4n) is 3.03. The SMILES string of the molecule is CCNC(CC(C)CC)CC1CCCCC1. The van der Waals surface area contributed by atoms with E-state index in [0.29, 0.717) is 0 Å². The molecule has 1 aliphatic rings. The Labute approximate surface area is 102 Å². The van der Waals surface area contributed by atoms with E-state index in [0.717, 1.165) is 24.4 Å². The van der Waals surface area contributed by atoms with Crippen molar-refractivity contribution < 1.29 is 0 Å². The van der Waals surface area contributed by atoms with Crippen LogP contribution in [0.4, 0.5) is 0 Å². The molecule has 0 radical (unpaired) electrons. The minimum atomic E-state index is 0.781. The average molecular weight is 225 g/mol. The molecule has 1 heteroatoms. The van der Waals surface area contributed by atoms with Gasteiger partial charge in [0.25, 0.3) is 0 Å². The van der Waals surface area contributed by atoms with Gasteiger partial charge in [0.05, 0.1) is 0 Å². The van der Waals surface area contributed by atoms with E-state index in [1.807, 2.05) is 0 Å². The highest BCUT2D eigenvalue weighted by Crippen LogP contribution is 2.28. The van der Waals surface area contributed by atoms with Gasteiger partial charge in [0.1, 0.15) is 0 Å². The highest BCUT2D eigenvalue weighted by atomic mass is 14.9. The van der Waals surface area contributed by atoms with Crippen LogP contribution in [0.1, 0.15) is 72.1 Å². The normalized spacial score (nSPS) is 21.9. The van der Waals surface area contributed by atoms with E-state index in [-0.39, 0.29) is 0 Å². The fraction of sp³-hybridized carbons (Fsp3) is 1.00. The van der Waals surface area contributed by atoms with Crippen LogP contribution in [-0.2, 0) is 0 Å². The topological polar surface area (TPSA) is 12.0 Å². The van der Waals surface area contributed by atoms with E-state index in [4.69, 9.17) is 0 Å². The average Bonchev–Trinajstić information content (AvgIpc) is 2.30. The van der Waals surface area contributed by atoms with Gasteiger partial charge in [0, 0.05) is 6.04 Å². The molecule has 0 aliphatic heterocycles. The van der Waals surface area contributed by atoms with Gasteiger partial charge in [-0.05, 0) is 31.2 Å². The maximum absolute atomic E-state index is 3.70. The molecule has 1 rings (SSSR count). The first kappa shape index (κ1) is 14.0. The molecule has 0 amide bonds. The van der Waals surface area contributed by atoms with Crippen molar-refractivity contribution in [2.45, 2.75) is 78.2 Å². The lowest BCUT2D eigenvalue weighted by Gasteiger charge is -2.28. The van der Waals surface area contributed by atoms with Gasteiger partial charge in [-0.2, -0.15) is 0 Å². The standard InChI is InChI=1S/C15H31N/c1-4-13(3)11-15(16-5-2)12-14-9-7-6-8-10-14/h13-16H,4-12H2,1-3H3. The highest BCUT2D eigenvalue weighted by molar-refractivity contribution is 4.75. The highest BCUT2D eigenvalue weighted by Gasteiger charge is 2.19. The van der Waals surface area contributed by atoms with Crippen LogP contribution < -0.4 is 5.32 Å². The van der Waals surface area contributed by atoms with Crippen molar-refractivity contribution in [3.05, 3.63) is 0 Å². The first-order chi connectivity index (χ1) is 7.76. The molecule has 1 fully saturated rings. The summed E-state index contributed by atoms with van der Waals surface area (Å²) in [6.45, 7) is 8.08. The third kappa shape index (κ3) is 5.34. The van der Waals surface area contributed by atoms with E-state index >= 15 is 0 Å². The van der Waals surface area contributed by atoms with Gasteiger partial charge in [0.2, 0.25) is 0 Å². The Hall–Kier alpha value is -0.0400. The number of nitrogens with one attached hydrogen (secondary N) is 1. The van der Waals surface area contributed by atoms with Crippen LogP contribution >= 0.6 is 0 Å². The Kier molecular flexibility index (Phi) is 7.11. The number of hydrogen-bond donors (Lipinski definition) is 1. The molecule has 1 N–H and O–H groups in total. The monoisotopic (exact) mass is 225 g/mol. The van der Waals surface area contributed by atoms with Gasteiger partial charge >= 0.3 is 0 Å². The Morgan fingerprint density at radius 3 is 2.38 bits per heavy atom. The Bertz CT molecular complexity index is 161. The Morgan fingerprint density at radius 1 is 1.12 bits per heavy atom. The van der Waals surface area contributed by atoms with Crippen molar-refractivity contribution in [3.63, 3.8) is 0 Å². The van der Waals surface area contributed by atoms with E-state index in [2.05, 4.69) is 26.1 Å². The number of rotatable bonds is 7. The third-order valence-electron chi connectivity index (χ3n) is 4.22. The molecule has 0 aromatic carbocycles. The van der Waals surface area contributed by atoms with E-state index in [1.165, 1.54) is 51.4 Å². The summed E-state index contributed by atoms with van der Waals surface area (Å²) < 4.78 is 0. The van der Waals surface area contributed by atoms with Crippen LogP contribution in [0, 0.1) is 11.8 Å². The van der Waals surface area contributed by atoms with Crippen molar-refractivity contribution in [2.75, 3.05) is 6.54 Å². The smallest absolute Gasteiger partial charge is 0.00721 e. The molecular formula is C15H31N. The maximum Gasteiger partial charge on any atom is 0.00721 e. The van der Waals surface area contributed by atoms with E-state index < -0.39 is 0 Å². The van der Waals surface area contributed by atoms with Gasteiger partial charge in [-0.25, -0.2) is 0 Å². The van der Waals surface area contributed by atoms with Gasteiger partial charge in [0.15, 0.2) is 0 Å². The van der Waals surface area contributed by atoms with Crippen LogP contribution in [0.25, 0.3) is 0 Å². The van der Waals surface area contributed by atoms with Gasteiger partial charge in [-0.1, -0.05) is 59.3 Å². The fourth-order valence-corrected chi connectivity index (χ4v) is 3.03. The van der Waals surface area contributed by atoms with Crippen LogP contribution in [0.3, 0.4) is 0 Å². The molecule has 16 heavy (non-hydrogen) atoms. The lowest BCUT2D eigenvalue weighted by atomic mass is 9.83. The predicted molar refractivity (Wildman–Crippen MR) is 72.7 cm³/mol. The van der Waals surface area contributed by atoms with Gasteiger partial charge in [-0.15, -0.1) is 0 Å². The van der Waals surface area contributed by atoms with Crippen molar-refractivity contribution in [3.8, 4) is 0 Å². The van der Waals surface area contributed by atoms with Crippen molar-refractivity contribution in [2.24, 2.45) is 11.8 Å². The zero-order chi connectivity index (χ0) is 11.8. The zero-order valence-corrected chi connectivity index (χ0v) is 11.6. The summed E-state index contributed by atoms with van der Waals surface area (Å²) in [6.07, 6.45) is 11.5. The first-order valence-electron chi connectivity index (χ1n) is 7.49. The Balaban J connectivity index is 2.30. The first-order valence-corrected chi connectivity index (χ1v) is 7.49. The lowest BCUT2D eigenvalue weighted by Crippen LogP contribution is -2.33. The molecule has 0 aromatic heterocycles. The molecule has 96 valence electrons. The molecule has 0 bridgehead atoms. The second-order valence-electron chi connectivity index (χ2n) is 5.74. The minimum Gasteiger partial charge on any atom is -0.314 e. The summed E-state index contributed by atoms with van der Waals surface area (Å²) in [5.41, 5.74) is 0. The molecule has 0 saturated heterocycles. The van der Waals surface area contributed by atoms with Crippen LogP contribution in [-0.4, -0.2) is 12.6 Å². The predicted octanol–water partition coefficient (Wildman–Crippen LogP) is 4.37. The van der Waals surface area contributed by atoms with Gasteiger partial charge < -0.3 is 5.32 Å². The summed E-state index contributed by atoms with van der Waals surface area (Å²) in [5, 5.41) is 3.70. The summed E-state index contributed by atoms with van der Waals surface area (Å²) in [6, 6.07) is 0.781. The Morgan fingerprint density at radius 2 is 1.81 bits per heavy atom. The summed E-state index contributed by atoms with van der Waals surface area (Å²) in [7, 11) is 0. The zero-order valence-electron chi connectivity index (χ0n) is 11.6. The summed E-state index contributed by atoms with van der Waals surface area (Å²) in [4.78, 5) is 0. The lowest BCUT2D eigenvalue weighted by molar-refractivity contribution is 0.275. The minimum absolute atomic E-state index is 0.781. The molecule has 1 saturated carbocycles. The summed E-state index contributed by atoms with van der Waals surface area (Å²) >= 11 is 0. The maximum atomic E-state index is 3.70. The molecule has 1 aliphatic carbocycles. The molecular weight excluding hydrogens is 194 g/mol. The van der Waals surface area contributed by atoms with E-state index in [1.54, 1.807) is 0 Å². The number of hydrogen-bond acceptors (Lipinski definition) is 1. The molecule has 0 aromatic rings. The van der Waals surface area contributed by atoms with Crippen molar-refractivity contribution in [1.82, 2.24) is 5.32 Å². The largest absolute Gasteiger partial charge is 0.314 e. The second-order valence-corrected chi connectivity index (χ2v) is 5.74. The molecule has 2 atom stereocenters. The molecule has 0 spiro atoms. The van der Waals surface area contributed by atoms with Gasteiger partial charge in [-0.3, -0.25) is 0 Å². The van der Waals surface area contributed by atoms with E-state index in [9.17, 15) is 0 Å². The van der Waals surface area contributed by atoms with Crippen LogP contribution in [0.5, 0.6) is 0 Å². The van der Waals surface area contributed by atoms with Crippen molar-refractivity contribution >= 4 is 0 Å².